The highest BCUT2D eigenvalue weighted by atomic mass is 19.1. The maximum absolute atomic E-state index is 13.1. The van der Waals surface area contributed by atoms with Gasteiger partial charge in [-0.25, -0.2) is 9.18 Å². The largest absolute Gasteiger partial charge is 0.507 e. The molecule has 0 spiro atoms. The number of carbonyl (C=O) groups excluding carboxylic acids is 2. The van der Waals surface area contributed by atoms with Crippen LogP contribution in [0.2, 0.25) is 0 Å². The van der Waals surface area contributed by atoms with Crippen molar-refractivity contribution in [2.24, 2.45) is 0 Å². The smallest absolute Gasteiger partial charge is 0.342 e. The Morgan fingerprint density at radius 1 is 1.16 bits per heavy atom. The summed E-state index contributed by atoms with van der Waals surface area (Å²) in [6.45, 7) is 1.64. The second-order valence-electron chi connectivity index (χ2n) is 7.69. The van der Waals surface area contributed by atoms with E-state index in [1.54, 1.807) is 24.3 Å². The van der Waals surface area contributed by atoms with Crippen molar-refractivity contribution < 1.29 is 19.1 Å². The summed E-state index contributed by atoms with van der Waals surface area (Å²) in [6, 6.07) is 12.2. The molecule has 3 N–H and O–H groups in total. The Balaban J connectivity index is 1.58. The van der Waals surface area contributed by atoms with Crippen LogP contribution in [-0.4, -0.2) is 26.8 Å². The number of hydrogen-bond donors (Lipinski definition) is 3. The monoisotopic (exact) mass is 422 g/mol. The Kier molecular flexibility index (Phi) is 5.70. The van der Waals surface area contributed by atoms with Gasteiger partial charge in [-0.3, -0.25) is 4.79 Å². The highest BCUT2D eigenvalue weighted by Crippen LogP contribution is 2.39. The summed E-state index contributed by atoms with van der Waals surface area (Å²) in [5.74, 6) is -0.369. The van der Waals surface area contributed by atoms with E-state index in [1.165, 1.54) is 29.8 Å². The molecule has 0 bridgehead atoms. The van der Waals surface area contributed by atoms with E-state index in [4.69, 9.17) is 0 Å². The van der Waals surface area contributed by atoms with Gasteiger partial charge < -0.3 is 15.7 Å². The van der Waals surface area contributed by atoms with Gasteiger partial charge in [0.05, 0.1) is 11.4 Å². The van der Waals surface area contributed by atoms with Crippen molar-refractivity contribution in [1.29, 1.82) is 0 Å². The topological polar surface area (TPSA) is 96.3 Å². The van der Waals surface area contributed by atoms with Crippen molar-refractivity contribution in [3.8, 4) is 17.0 Å². The van der Waals surface area contributed by atoms with Crippen molar-refractivity contribution in [3.63, 3.8) is 0 Å². The van der Waals surface area contributed by atoms with Gasteiger partial charge in [-0.1, -0.05) is 18.6 Å². The van der Waals surface area contributed by atoms with E-state index in [0.29, 0.717) is 16.9 Å². The molecule has 31 heavy (non-hydrogen) atoms. The van der Waals surface area contributed by atoms with E-state index in [2.05, 4.69) is 15.7 Å². The number of phenolic OH excluding ortho intramolecular Hbond substituents is 1. The highest BCUT2D eigenvalue weighted by molar-refractivity contribution is 5.89. The normalized spacial score (nSPS) is 13.5. The summed E-state index contributed by atoms with van der Waals surface area (Å²) in [4.78, 5) is 24.1. The number of nitrogens with zero attached hydrogens (tertiary/aromatic N) is 2. The number of hydrogen-bond acceptors (Lipinski definition) is 4. The summed E-state index contributed by atoms with van der Waals surface area (Å²) in [5.41, 5.74) is 3.00. The molecule has 0 saturated heterocycles. The molecular formula is C23H23FN4O3. The fourth-order valence-electron chi connectivity index (χ4n) is 3.57. The van der Waals surface area contributed by atoms with Crippen LogP contribution in [-0.2, 0) is 11.3 Å². The van der Waals surface area contributed by atoms with E-state index < -0.39 is 0 Å². The first-order valence-electron chi connectivity index (χ1n) is 10.1. The number of aromatic nitrogens is 2. The van der Waals surface area contributed by atoms with Crippen molar-refractivity contribution in [3.05, 3.63) is 65.6 Å². The van der Waals surface area contributed by atoms with Gasteiger partial charge in [-0.15, -0.1) is 0 Å². The molecule has 2 aromatic carbocycles. The third-order valence-corrected chi connectivity index (χ3v) is 5.40. The molecule has 1 fully saturated rings. The molecule has 8 heteroatoms. The van der Waals surface area contributed by atoms with E-state index >= 15 is 0 Å². The summed E-state index contributed by atoms with van der Waals surface area (Å²) in [7, 11) is 0. The van der Waals surface area contributed by atoms with Crippen molar-refractivity contribution in [2.75, 3.05) is 5.32 Å². The summed E-state index contributed by atoms with van der Waals surface area (Å²) >= 11 is 0. The summed E-state index contributed by atoms with van der Waals surface area (Å²) < 4.78 is 14.4. The number of halogens is 1. The van der Waals surface area contributed by atoms with Crippen LogP contribution in [0.15, 0.2) is 48.5 Å². The van der Waals surface area contributed by atoms with Crippen molar-refractivity contribution in [2.45, 2.75) is 38.6 Å². The van der Waals surface area contributed by atoms with Gasteiger partial charge in [0, 0.05) is 36.7 Å². The minimum atomic E-state index is -0.383. The number of aromatic hydroxyl groups is 1. The van der Waals surface area contributed by atoms with Gasteiger partial charge in [-0.05, 0) is 48.7 Å². The molecule has 2 amide bonds. The van der Waals surface area contributed by atoms with E-state index in [9.17, 15) is 19.1 Å². The molecule has 1 aromatic heterocycles. The zero-order valence-electron chi connectivity index (χ0n) is 17.1. The van der Waals surface area contributed by atoms with Gasteiger partial charge in [0.15, 0.2) is 0 Å². The van der Waals surface area contributed by atoms with Crippen LogP contribution in [0.1, 0.15) is 43.4 Å². The van der Waals surface area contributed by atoms with Crippen molar-refractivity contribution in [1.82, 2.24) is 15.1 Å². The minimum absolute atomic E-state index is 0.0391. The van der Waals surface area contributed by atoms with Crippen molar-refractivity contribution >= 4 is 17.6 Å². The van der Waals surface area contributed by atoms with E-state index in [0.717, 1.165) is 30.5 Å². The van der Waals surface area contributed by atoms with Crippen LogP contribution in [0, 0.1) is 5.82 Å². The number of amides is 2. The number of carbonyl (C=O) groups is 2. The molecule has 160 valence electrons. The Morgan fingerprint density at radius 3 is 2.52 bits per heavy atom. The van der Waals surface area contributed by atoms with Crippen LogP contribution in [0.5, 0.6) is 5.75 Å². The molecule has 0 atom stereocenters. The quantitative estimate of drug-likeness (QED) is 0.569. The number of benzene rings is 2. The molecule has 0 aliphatic heterocycles. The predicted molar refractivity (Wildman–Crippen MR) is 114 cm³/mol. The van der Waals surface area contributed by atoms with Gasteiger partial charge in [0.25, 0.3) is 0 Å². The van der Waals surface area contributed by atoms with E-state index in [-0.39, 0.29) is 36.0 Å². The standard InChI is InChI=1S/C23H23FN4O3/c1-14(29)26-18-9-10-19(22(30)11-18)20-12-21(16-3-2-4-16)28(27-20)23(31)25-13-15-5-7-17(24)8-6-15/h5-12,16,30H,2-4,13H2,1H3,(H,25,31)(H,26,29). The SMILES string of the molecule is CC(=O)Nc1ccc(-c2cc(C3CCC3)n(C(=O)NCc3ccc(F)cc3)n2)c(O)c1. The lowest BCUT2D eigenvalue weighted by Gasteiger charge is -2.25. The lowest BCUT2D eigenvalue weighted by atomic mass is 9.82. The lowest BCUT2D eigenvalue weighted by molar-refractivity contribution is -0.114. The Hall–Kier alpha value is -3.68. The fraction of sp³-hybridized carbons (Fsp3) is 0.261. The third-order valence-electron chi connectivity index (χ3n) is 5.40. The molecule has 0 unspecified atom stereocenters. The number of anilines is 1. The molecule has 3 aromatic rings. The first-order valence-corrected chi connectivity index (χ1v) is 10.1. The summed E-state index contributed by atoms with van der Waals surface area (Å²) in [6.07, 6.45) is 3.05. The maximum atomic E-state index is 13.1. The average Bonchev–Trinajstić information content (AvgIpc) is 3.10. The molecule has 1 aliphatic rings. The zero-order chi connectivity index (χ0) is 22.0. The minimum Gasteiger partial charge on any atom is -0.507 e. The predicted octanol–water partition coefficient (Wildman–Crippen LogP) is 4.38. The molecule has 0 radical (unpaired) electrons. The zero-order valence-corrected chi connectivity index (χ0v) is 17.1. The molecular weight excluding hydrogens is 399 g/mol. The Labute approximate surface area is 178 Å². The maximum Gasteiger partial charge on any atom is 0.342 e. The highest BCUT2D eigenvalue weighted by Gasteiger charge is 2.27. The molecule has 7 nitrogen and oxygen atoms in total. The first-order chi connectivity index (χ1) is 14.9. The average molecular weight is 422 g/mol. The van der Waals surface area contributed by atoms with Crippen LogP contribution in [0.4, 0.5) is 14.9 Å². The van der Waals surface area contributed by atoms with E-state index in [1.807, 2.05) is 6.07 Å². The third kappa shape index (κ3) is 4.58. The first kappa shape index (κ1) is 20.6. The Morgan fingerprint density at radius 2 is 1.90 bits per heavy atom. The number of phenols is 1. The van der Waals surface area contributed by atoms with Crippen LogP contribution < -0.4 is 10.6 Å². The molecule has 1 heterocycles. The molecule has 4 rings (SSSR count). The van der Waals surface area contributed by atoms with Gasteiger partial charge in [0.1, 0.15) is 11.6 Å². The van der Waals surface area contributed by atoms with Crippen LogP contribution in [0.25, 0.3) is 11.3 Å². The second kappa shape index (κ2) is 8.59. The molecule has 1 aliphatic carbocycles. The number of nitrogens with one attached hydrogen (secondary N) is 2. The second-order valence-corrected chi connectivity index (χ2v) is 7.69. The van der Waals surface area contributed by atoms with Gasteiger partial charge in [0.2, 0.25) is 5.91 Å². The van der Waals surface area contributed by atoms with Gasteiger partial charge in [-0.2, -0.15) is 9.78 Å². The fourth-order valence-corrected chi connectivity index (χ4v) is 3.57. The van der Waals surface area contributed by atoms with Crippen LogP contribution in [0.3, 0.4) is 0 Å². The Bertz CT molecular complexity index is 1120. The van der Waals surface area contributed by atoms with Gasteiger partial charge >= 0.3 is 6.03 Å². The number of rotatable bonds is 5. The summed E-state index contributed by atoms with van der Waals surface area (Å²) in [5, 5.41) is 20.3. The van der Waals surface area contributed by atoms with Crippen LogP contribution >= 0.6 is 0 Å². The molecule has 1 saturated carbocycles. The lowest BCUT2D eigenvalue weighted by Crippen LogP contribution is -2.31.